The molecule has 1 aliphatic rings. The monoisotopic (exact) mass is 275 g/mol. The molecule has 0 saturated carbocycles. The lowest BCUT2D eigenvalue weighted by molar-refractivity contribution is 0.0646. The second kappa shape index (κ2) is 5.65. The summed E-state index contributed by atoms with van der Waals surface area (Å²) in [5.41, 5.74) is 1.87. The number of carbonyl (C=O) groups excluding carboxylic acids is 1. The first-order valence-electron chi connectivity index (χ1n) is 7.04. The van der Waals surface area contributed by atoms with Crippen molar-refractivity contribution in [2.75, 3.05) is 13.1 Å². The molecule has 108 valence electrons. The summed E-state index contributed by atoms with van der Waals surface area (Å²) in [5.74, 6) is -0.694. The minimum Gasteiger partial charge on any atom is -0.478 e. The van der Waals surface area contributed by atoms with E-state index in [9.17, 15) is 14.7 Å². The molecule has 0 aromatic heterocycles. The standard InChI is InChI=1S/C16H21NO3/c1-10-5-4-8-17(9-10)15(18)13-11(2)6-7-12(3)14(13)16(19)20/h6-7,10H,4-5,8-9H2,1-3H3,(H,19,20). The summed E-state index contributed by atoms with van der Waals surface area (Å²) in [6.07, 6.45) is 2.11. The van der Waals surface area contributed by atoms with Gasteiger partial charge < -0.3 is 10.0 Å². The first-order chi connectivity index (χ1) is 9.41. The van der Waals surface area contributed by atoms with Crippen molar-refractivity contribution in [2.24, 2.45) is 5.92 Å². The molecule has 2 rings (SSSR count). The van der Waals surface area contributed by atoms with Gasteiger partial charge in [0.1, 0.15) is 0 Å². The molecule has 1 amide bonds. The molecular weight excluding hydrogens is 254 g/mol. The van der Waals surface area contributed by atoms with Crippen LogP contribution in [0.25, 0.3) is 0 Å². The zero-order valence-electron chi connectivity index (χ0n) is 12.3. The molecular formula is C16H21NO3. The summed E-state index contributed by atoms with van der Waals surface area (Å²) in [4.78, 5) is 26.0. The Labute approximate surface area is 119 Å². The van der Waals surface area contributed by atoms with Gasteiger partial charge >= 0.3 is 5.97 Å². The molecule has 4 heteroatoms. The second-order valence-corrected chi connectivity index (χ2v) is 5.75. The van der Waals surface area contributed by atoms with Gasteiger partial charge in [-0.3, -0.25) is 4.79 Å². The third kappa shape index (κ3) is 2.69. The molecule has 20 heavy (non-hydrogen) atoms. The number of carbonyl (C=O) groups is 2. The molecule has 1 aliphatic heterocycles. The van der Waals surface area contributed by atoms with Gasteiger partial charge in [0, 0.05) is 13.1 Å². The van der Waals surface area contributed by atoms with E-state index in [1.807, 2.05) is 6.07 Å². The number of aromatic carboxylic acids is 1. The minimum atomic E-state index is -1.03. The maximum atomic E-state index is 12.7. The number of carboxylic acid groups (broad SMARTS) is 1. The van der Waals surface area contributed by atoms with Crippen molar-refractivity contribution in [3.63, 3.8) is 0 Å². The van der Waals surface area contributed by atoms with E-state index in [0.29, 0.717) is 23.6 Å². The molecule has 1 saturated heterocycles. The van der Waals surface area contributed by atoms with Crippen LogP contribution in [0, 0.1) is 19.8 Å². The van der Waals surface area contributed by atoms with E-state index in [4.69, 9.17) is 0 Å². The molecule has 1 atom stereocenters. The summed E-state index contributed by atoms with van der Waals surface area (Å²) in [6, 6.07) is 3.58. The lowest BCUT2D eigenvalue weighted by atomic mass is 9.94. The van der Waals surface area contributed by atoms with Gasteiger partial charge in [0.25, 0.3) is 5.91 Å². The smallest absolute Gasteiger partial charge is 0.336 e. The van der Waals surface area contributed by atoms with Crippen molar-refractivity contribution in [2.45, 2.75) is 33.6 Å². The van der Waals surface area contributed by atoms with E-state index < -0.39 is 5.97 Å². The van der Waals surface area contributed by atoms with Crippen LogP contribution in [0.1, 0.15) is 51.6 Å². The number of amides is 1. The van der Waals surface area contributed by atoms with E-state index in [-0.39, 0.29) is 11.5 Å². The fourth-order valence-electron chi connectivity index (χ4n) is 2.89. The Bertz CT molecular complexity index is 551. The van der Waals surface area contributed by atoms with E-state index in [1.54, 1.807) is 24.8 Å². The Morgan fingerprint density at radius 1 is 1.20 bits per heavy atom. The zero-order chi connectivity index (χ0) is 14.9. The van der Waals surface area contributed by atoms with Crippen LogP contribution in [0.15, 0.2) is 12.1 Å². The number of hydrogen-bond donors (Lipinski definition) is 1. The van der Waals surface area contributed by atoms with Gasteiger partial charge in [-0.05, 0) is 43.7 Å². The number of piperidine rings is 1. The first-order valence-corrected chi connectivity index (χ1v) is 7.04. The van der Waals surface area contributed by atoms with Gasteiger partial charge in [-0.25, -0.2) is 4.79 Å². The van der Waals surface area contributed by atoms with Crippen LogP contribution in [0.2, 0.25) is 0 Å². The summed E-state index contributed by atoms with van der Waals surface area (Å²) in [5, 5.41) is 9.40. The highest BCUT2D eigenvalue weighted by atomic mass is 16.4. The van der Waals surface area contributed by atoms with Gasteiger partial charge in [-0.1, -0.05) is 19.1 Å². The van der Waals surface area contributed by atoms with Crippen LogP contribution in [0.5, 0.6) is 0 Å². The van der Waals surface area contributed by atoms with Crippen molar-refractivity contribution < 1.29 is 14.7 Å². The molecule has 4 nitrogen and oxygen atoms in total. The van der Waals surface area contributed by atoms with Gasteiger partial charge in [0.05, 0.1) is 11.1 Å². The van der Waals surface area contributed by atoms with Crippen LogP contribution in [-0.2, 0) is 0 Å². The van der Waals surface area contributed by atoms with Crippen molar-refractivity contribution in [3.05, 3.63) is 34.4 Å². The molecule has 1 heterocycles. The van der Waals surface area contributed by atoms with Crippen molar-refractivity contribution >= 4 is 11.9 Å². The molecule has 0 bridgehead atoms. The molecule has 1 unspecified atom stereocenters. The van der Waals surface area contributed by atoms with E-state index >= 15 is 0 Å². The molecule has 1 fully saturated rings. The fourth-order valence-corrected chi connectivity index (χ4v) is 2.89. The van der Waals surface area contributed by atoms with Crippen LogP contribution in [-0.4, -0.2) is 35.0 Å². The summed E-state index contributed by atoms with van der Waals surface area (Å²) in [7, 11) is 0. The zero-order valence-corrected chi connectivity index (χ0v) is 12.3. The Hall–Kier alpha value is -1.84. The normalized spacial score (nSPS) is 18.9. The molecule has 0 aliphatic carbocycles. The number of nitrogens with zero attached hydrogens (tertiary/aromatic N) is 1. The number of benzene rings is 1. The average Bonchev–Trinajstić information content (AvgIpc) is 2.40. The molecule has 0 spiro atoms. The Morgan fingerprint density at radius 3 is 2.35 bits per heavy atom. The summed E-state index contributed by atoms with van der Waals surface area (Å²) < 4.78 is 0. The topological polar surface area (TPSA) is 57.6 Å². The largest absolute Gasteiger partial charge is 0.478 e. The Morgan fingerprint density at radius 2 is 1.80 bits per heavy atom. The molecule has 1 N–H and O–H groups in total. The number of aryl methyl sites for hydroxylation is 2. The van der Waals surface area contributed by atoms with E-state index in [2.05, 4.69) is 6.92 Å². The van der Waals surface area contributed by atoms with Crippen LogP contribution in [0.4, 0.5) is 0 Å². The molecule has 1 aromatic carbocycles. The van der Waals surface area contributed by atoms with Gasteiger partial charge in [-0.2, -0.15) is 0 Å². The SMILES string of the molecule is Cc1ccc(C)c(C(=O)N2CCCC(C)C2)c1C(=O)O. The second-order valence-electron chi connectivity index (χ2n) is 5.75. The number of likely N-dealkylation sites (tertiary alicyclic amines) is 1. The highest BCUT2D eigenvalue weighted by Gasteiger charge is 2.27. The summed E-state index contributed by atoms with van der Waals surface area (Å²) >= 11 is 0. The Balaban J connectivity index is 2.43. The summed E-state index contributed by atoms with van der Waals surface area (Å²) in [6.45, 7) is 7.09. The lowest BCUT2D eigenvalue weighted by Gasteiger charge is -2.31. The van der Waals surface area contributed by atoms with E-state index in [1.165, 1.54) is 0 Å². The van der Waals surface area contributed by atoms with E-state index in [0.717, 1.165) is 24.9 Å². The first kappa shape index (κ1) is 14.6. The van der Waals surface area contributed by atoms with Gasteiger partial charge in [0.15, 0.2) is 0 Å². The van der Waals surface area contributed by atoms with Crippen molar-refractivity contribution in [3.8, 4) is 0 Å². The predicted molar refractivity (Wildman–Crippen MR) is 77.2 cm³/mol. The number of carboxylic acids is 1. The molecule has 0 radical (unpaired) electrons. The van der Waals surface area contributed by atoms with Gasteiger partial charge in [0.2, 0.25) is 0 Å². The maximum Gasteiger partial charge on any atom is 0.336 e. The van der Waals surface area contributed by atoms with Gasteiger partial charge in [-0.15, -0.1) is 0 Å². The third-order valence-electron chi connectivity index (χ3n) is 3.99. The quantitative estimate of drug-likeness (QED) is 0.903. The maximum absolute atomic E-state index is 12.7. The van der Waals surface area contributed by atoms with Crippen LogP contribution >= 0.6 is 0 Å². The van der Waals surface area contributed by atoms with Crippen LogP contribution < -0.4 is 0 Å². The average molecular weight is 275 g/mol. The number of rotatable bonds is 2. The predicted octanol–water partition coefficient (Wildman–Crippen LogP) is 2.87. The van der Waals surface area contributed by atoms with Crippen LogP contribution in [0.3, 0.4) is 0 Å². The Kier molecular flexibility index (Phi) is 4.12. The highest BCUT2D eigenvalue weighted by molar-refractivity contribution is 6.06. The lowest BCUT2D eigenvalue weighted by Crippen LogP contribution is -2.40. The third-order valence-corrected chi connectivity index (χ3v) is 3.99. The number of hydrogen-bond acceptors (Lipinski definition) is 2. The highest BCUT2D eigenvalue weighted by Crippen LogP contribution is 2.24. The van der Waals surface area contributed by atoms with Crippen molar-refractivity contribution in [1.29, 1.82) is 0 Å². The molecule has 1 aromatic rings. The fraction of sp³-hybridized carbons (Fsp3) is 0.500. The van der Waals surface area contributed by atoms with Crippen molar-refractivity contribution in [1.82, 2.24) is 4.90 Å². The minimum absolute atomic E-state index is 0.143.